The quantitative estimate of drug-likeness (QED) is 0.757. The van der Waals surface area contributed by atoms with Crippen molar-refractivity contribution in [2.45, 2.75) is 13.8 Å². The van der Waals surface area contributed by atoms with Gasteiger partial charge in [-0.05, 0) is 19.9 Å². The first-order valence-corrected chi connectivity index (χ1v) is 4.79. The summed E-state index contributed by atoms with van der Waals surface area (Å²) in [6.45, 7) is 3.95. The second kappa shape index (κ2) is 3.69. The molecule has 0 amide bonds. The van der Waals surface area contributed by atoms with Crippen LogP contribution in [0.4, 0.5) is 0 Å². The molecule has 1 aromatic carbocycles. The molecule has 0 aliphatic carbocycles. The highest BCUT2D eigenvalue weighted by Gasteiger charge is 2.07. The van der Waals surface area contributed by atoms with Crippen molar-refractivity contribution in [2.24, 2.45) is 0 Å². The van der Waals surface area contributed by atoms with Gasteiger partial charge in [-0.1, -0.05) is 23.8 Å². The number of nitrogens with one attached hydrogen (secondary N) is 1. The van der Waals surface area contributed by atoms with Crippen molar-refractivity contribution >= 4 is 6.29 Å². The molecule has 0 spiro atoms. The normalized spacial score (nSPS) is 10.3. The molecule has 0 saturated heterocycles. The minimum atomic E-state index is 0.379. The van der Waals surface area contributed by atoms with Crippen LogP contribution in [0.25, 0.3) is 11.3 Å². The van der Waals surface area contributed by atoms with Crippen molar-refractivity contribution in [3.8, 4) is 11.3 Å². The molecule has 76 valence electrons. The fraction of sp³-hybridized carbons (Fsp3) is 0.167. The third kappa shape index (κ3) is 1.81. The average Bonchev–Trinajstić information content (AvgIpc) is 2.60. The molecule has 15 heavy (non-hydrogen) atoms. The summed E-state index contributed by atoms with van der Waals surface area (Å²) < 4.78 is 0. The lowest BCUT2D eigenvalue weighted by Gasteiger charge is -1.99. The Bertz CT molecular complexity index is 500. The first-order chi connectivity index (χ1) is 7.20. The van der Waals surface area contributed by atoms with Crippen LogP contribution < -0.4 is 0 Å². The number of H-pyrrole nitrogens is 1. The van der Waals surface area contributed by atoms with Crippen molar-refractivity contribution in [3.05, 3.63) is 41.3 Å². The number of carbonyl (C=O) groups excluding carboxylic acids is 1. The SMILES string of the molecule is Cc1cccc(-c2nc(C=O)[nH]c2C)c1. The number of benzene rings is 1. The first-order valence-electron chi connectivity index (χ1n) is 4.79. The second-order valence-corrected chi connectivity index (χ2v) is 3.58. The van der Waals surface area contributed by atoms with E-state index >= 15 is 0 Å². The van der Waals surface area contributed by atoms with Crippen LogP contribution in [0.1, 0.15) is 21.9 Å². The van der Waals surface area contributed by atoms with Gasteiger partial charge in [0.15, 0.2) is 12.1 Å². The molecule has 0 fully saturated rings. The zero-order valence-electron chi connectivity index (χ0n) is 8.74. The van der Waals surface area contributed by atoms with Crippen LogP contribution in [0.3, 0.4) is 0 Å². The monoisotopic (exact) mass is 200 g/mol. The maximum atomic E-state index is 10.6. The minimum absolute atomic E-state index is 0.379. The molecular weight excluding hydrogens is 188 g/mol. The van der Waals surface area contributed by atoms with Crippen LogP contribution in [0.5, 0.6) is 0 Å². The predicted molar refractivity (Wildman–Crippen MR) is 58.9 cm³/mol. The number of nitrogens with zero attached hydrogens (tertiary/aromatic N) is 1. The summed E-state index contributed by atoms with van der Waals surface area (Å²) in [5.41, 5.74) is 3.99. The number of carbonyl (C=O) groups is 1. The van der Waals surface area contributed by atoms with Gasteiger partial charge in [-0.2, -0.15) is 0 Å². The standard InChI is InChI=1S/C12H12N2O/c1-8-4-3-5-10(6-8)12-9(2)13-11(7-15)14-12/h3-7H,1-2H3,(H,13,14). The van der Waals surface area contributed by atoms with E-state index in [-0.39, 0.29) is 0 Å². The molecule has 1 N–H and O–H groups in total. The molecule has 0 radical (unpaired) electrons. The minimum Gasteiger partial charge on any atom is -0.339 e. The Hall–Kier alpha value is -1.90. The molecule has 0 aliphatic heterocycles. The number of hydrogen-bond donors (Lipinski definition) is 1. The van der Waals surface area contributed by atoms with Crippen LogP contribution in [-0.2, 0) is 0 Å². The largest absolute Gasteiger partial charge is 0.339 e. The van der Waals surface area contributed by atoms with E-state index in [0.29, 0.717) is 5.82 Å². The molecule has 0 saturated carbocycles. The molecule has 1 heterocycles. The van der Waals surface area contributed by atoms with Gasteiger partial charge in [0, 0.05) is 11.3 Å². The van der Waals surface area contributed by atoms with Crippen LogP contribution in [0, 0.1) is 13.8 Å². The van der Waals surface area contributed by atoms with Gasteiger partial charge in [0.25, 0.3) is 0 Å². The Morgan fingerprint density at radius 2 is 2.13 bits per heavy atom. The average molecular weight is 200 g/mol. The van der Waals surface area contributed by atoms with Gasteiger partial charge in [0.05, 0.1) is 5.69 Å². The Morgan fingerprint density at radius 3 is 2.73 bits per heavy atom. The third-order valence-corrected chi connectivity index (χ3v) is 2.31. The molecule has 1 aromatic heterocycles. The van der Waals surface area contributed by atoms with Crippen molar-refractivity contribution < 1.29 is 4.79 Å². The highest BCUT2D eigenvalue weighted by Crippen LogP contribution is 2.21. The van der Waals surface area contributed by atoms with Gasteiger partial charge in [-0.25, -0.2) is 4.98 Å². The lowest BCUT2D eigenvalue weighted by atomic mass is 10.1. The molecule has 0 bridgehead atoms. The molecule has 2 aromatic rings. The zero-order chi connectivity index (χ0) is 10.8. The van der Waals surface area contributed by atoms with Crippen LogP contribution in [-0.4, -0.2) is 16.3 Å². The summed E-state index contributed by atoms with van der Waals surface area (Å²) in [5.74, 6) is 0.379. The Morgan fingerprint density at radius 1 is 1.33 bits per heavy atom. The number of imidazole rings is 1. The molecule has 0 atom stereocenters. The molecule has 3 nitrogen and oxygen atoms in total. The lowest BCUT2D eigenvalue weighted by molar-refractivity contribution is 0.111. The number of aromatic amines is 1. The van der Waals surface area contributed by atoms with Gasteiger partial charge in [0.1, 0.15) is 0 Å². The molecular formula is C12H12N2O. The first kappa shape index (κ1) is 9.65. The maximum absolute atomic E-state index is 10.6. The number of aldehydes is 1. The van der Waals surface area contributed by atoms with E-state index in [1.54, 1.807) is 0 Å². The maximum Gasteiger partial charge on any atom is 0.185 e. The summed E-state index contributed by atoms with van der Waals surface area (Å²) in [6, 6.07) is 8.06. The van der Waals surface area contributed by atoms with E-state index in [2.05, 4.69) is 16.0 Å². The fourth-order valence-corrected chi connectivity index (χ4v) is 1.61. The molecule has 2 rings (SSSR count). The lowest BCUT2D eigenvalue weighted by Crippen LogP contribution is -1.83. The van der Waals surface area contributed by atoms with Gasteiger partial charge in [-0.15, -0.1) is 0 Å². The highest BCUT2D eigenvalue weighted by molar-refractivity contribution is 5.73. The Kier molecular flexibility index (Phi) is 2.37. The number of rotatable bonds is 2. The van der Waals surface area contributed by atoms with E-state index in [9.17, 15) is 4.79 Å². The fourth-order valence-electron chi connectivity index (χ4n) is 1.61. The zero-order valence-corrected chi connectivity index (χ0v) is 8.74. The summed E-state index contributed by atoms with van der Waals surface area (Å²) in [4.78, 5) is 17.7. The molecule has 3 heteroatoms. The van der Waals surface area contributed by atoms with Crippen molar-refractivity contribution in [1.82, 2.24) is 9.97 Å². The summed E-state index contributed by atoms with van der Waals surface area (Å²) in [5, 5.41) is 0. The van der Waals surface area contributed by atoms with Crippen molar-refractivity contribution in [3.63, 3.8) is 0 Å². The Balaban J connectivity index is 2.53. The highest BCUT2D eigenvalue weighted by atomic mass is 16.1. The summed E-state index contributed by atoms with van der Waals surface area (Å²) >= 11 is 0. The third-order valence-electron chi connectivity index (χ3n) is 2.31. The van der Waals surface area contributed by atoms with Gasteiger partial charge in [0.2, 0.25) is 0 Å². The molecule has 0 aliphatic rings. The number of hydrogen-bond acceptors (Lipinski definition) is 2. The smallest absolute Gasteiger partial charge is 0.185 e. The van der Waals surface area contributed by atoms with Crippen molar-refractivity contribution in [1.29, 1.82) is 0 Å². The number of aryl methyl sites for hydroxylation is 2. The summed E-state index contributed by atoms with van der Waals surface area (Å²) in [6.07, 6.45) is 0.728. The Labute approximate surface area is 88.2 Å². The van der Waals surface area contributed by atoms with E-state index < -0.39 is 0 Å². The van der Waals surface area contributed by atoms with Crippen LogP contribution >= 0.6 is 0 Å². The van der Waals surface area contributed by atoms with E-state index in [1.807, 2.05) is 32.0 Å². The van der Waals surface area contributed by atoms with Gasteiger partial charge in [-0.3, -0.25) is 4.79 Å². The van der Waals surface area contributed by atoms with Gasteiger partial charge >= 0.3 is 0 Å². The topological polar surface area (TPSA) is 45.8 Å². The van der Waals surface area contributed by atoms with E-state index in [1.165, 1.54) is 5.56 Å². The second-order valence-electron chi connectivity index (χ2n) is 3.58. The predicted octanol–water partition coefficient (Wildman–Crippen LogP) is 2.51. The van der Waals surface area contributed by atoms with Gasteiger partial charge < -0.3 is 4.98 Å². The summed E-state index contributed by atoms with van der Waals surface area (Å²) in [7, 11) is 0. The molecule has 0 unspecified atom stereocenters. The van der Waals surface area contributed by atoms with E-state index in [0.717, 1.165) is 23.2 Å². The van der Waals surface area contributed by atoms with Crippen molar-refractivity contribution in [2.75, 3.05) is 0 Å². The van der Waals surface area contributed by atoms with Crippen LogP contribution in [0.15, 0.2) is 24.3 Å². The van der Waals surface area contributed by atoms with Crippen LogP contribution in [0.2, 0.25) is 0 Å². The van der Waals surface area contributed by atoms with E-state index in [4.69, 9.17) is 0 Å². The number of aromatic nitrogens is 2.